The van der Waals surface area contributed by atoms with Crippen LogP contribution in [0.5, 0.6) is 11.5 Å². The number of amides is 2. The molecule has 160 valence electrons. The lowest BCUT2D eigenvalue weighted by atomic mass is 9.85. The van der Waals surface area contributed by atoms with Crippen LogP contribution >= 0.6 is 0 Å². The first-order valence-electron chi connectivity index (χ1n) is 9.72. The smallest absolute Gasteiger partial charge is 0.335 e. The number of fused-ring (bicyclic) bond motifs is 1. The van der Waals surface area contributed by atoms with E-state index >= 15 is 0 Å². The summed E-state index contributed by atoms with van der Waals surface area (Å²) in [6.07, 6.45) is 5.38. The Morgan fingerprint density at radius 2 is 1.73 bits per heavy atom. The maximum absolute atomic E-state index is 12.4. The van der Waals surface area contributed by atoms with Crippen molar-refractivity contribution in [3.05, 3.63) is 35.9 Å². The van der Waals surface area contributed by atoms with Crippen molar-refractivity contribution < 1.29 is 28.7 Å². The average molecular weight is 415 g/mol. The molecule has 30 heavy (non-hydrogen) atoms. The third-order valence-corrected chi connectivity index (χ3v) is 5.29. The number of hydrogen-bond acceptors (Lipinski definition) is 7. The lowest BCUT2D eigenvalue weighted by Gasteiger charge is -2.14. The molecule has 2 amide bonds. The van der Waals surface area contributed by atoms with Crippen LogP contribution in [-0.2, 0) is 19.2 Å². The molecule has 1 fully saturated rings. The number of allylic oxidation sites excluding steroid dienone is 2. The Bertz CT molecular complexity index is 869. The van der Waals surface area contributed by atoms with E-state index in [1.165, 1.54) is 19.1 Å². The van der Waals surface area contributed by atoms with Gasteiger partial charge in [0.05, 0.1) is 26.1 Å². The fraction of sp³-hybridized carbons (Fsp3) is 0.429. The van der Waals surface area contributed by atoms with E-state index in [9.17, 15) is 14.4 Å². The van der Waals surface area contributed by atoms with Gasteiger partial charge in [0, 0.05) is 18.5 Å². The fourth-order valence-corrected chi connectivity index (χ4v) is 3.66. The molecule has 3 rings (SSSR count). The number of rotatable bonds is 8. The Morgan fingerprint density at radius 1 is 1.10 bits per heavy atom. The number of nitrogens with two attached hydrogens (primary N) is 1. The van der Waals surface area contributed by atoms with E-state index in [0.29, 0.717) is 36.3 Å². The van der Waals surface area contributed by atoms with Crippen LogP contribution in [-0.4, -0.2) is 49.3 Å². The summed E-state index contributed by atoms with van der Waals surface area (Å²) < 4.78 is 10.4. The molecule has 2 aliphatic rings. The molecule has 1 saturated heterocycles. The van der Waals surface area contributed by atoms with Crippen LogP contribution in [0.15, 0.2) is 35.5 Å². The van der Waals surface area contributed by atoms with Gasteiger partial charge in [0.2, 0.25) is 11.8 Å². The van der Waals surface area contributed by atoms with Gasteiger partial charge in [0.25, 0.3) is 0 Å². The first-order chi connectivity index (χ1) is 14.5. The van der Waals surface area contributed by atoms with Crippen molar-refractivity contribution in [2.45, 2.75) is 25.7 Å². The Kier molecular flexibility index (Phi) is 6.71. The maximum Gasteiger partial charge on any atom is 0.335 e. The molecular formula is C21H25N3O6. The Labute approximate surface area is 174 Å². The van der Waals surface area contributed by atoms with Crippen molar-refractivity contribution in [2.75, 3.05) is 20.8 Å². The second-order valence-corrected chi connectivity index (χ2v) is 7.10. The van der Waals surface area contributed by atoms with Crippen molar-refractivity contribution in [3.63, 3.8) is 0 Å². The van der Waals surface area contributed by atoms with Gasteiger partial charge >= 0.3 is 5.97 Å². The van der Waals surface area contributed by atoms with E-state index < -0.39 is 5.97 Å². The lowest BCUT2D eigenvalue weighted by molar-refractivity contribution is -0.145. The van der Waals surface area contributed by atoms with E-state index in [4.69, 9.17) is 20.0 Å². The molecule has 9 nitrogen and oxygen atoms in total. The molecule has 1 heterocycles. The van der Waals surface area contributed by atoms with Gasteiger partial charge in [0.1, 0.15) is 0 Å². The molecule has 1 aromatic carbocycles. The standard InChI is InChI=1S/C21H25N3O6/c1-28-16-10-9-13(12-17(16)29-2)19(22)23-30-18(25)8-5-11-24-20(26)14-6-3-4-7-15(14)21(24)27/h3-4,9-10,12,14-15H,5-8,11H2,1-2H3,(H2,22,23)/t14-,15-/m1/s1. The number of amidine groups is 1. The number of likely N-dealkylation sites (tertiary alicyclic amines) is 1. The Morgan fingerprint density at radius 3 is 2.33 bits per heavy atom. The predicted molar refractivity (Wildman–Crippen MR) is 108 cm³/mol. The zero-order valence-corrected chi connectivity index (χ0v) is 17.0. The summed E-state index contributed by atoms with van der Waals surface area (Å²) in [5.41, 5.74) is 6.37. The zero-order valence-electron chi connectivity index (χ0n) is 17.0. The quantitative estimate of drug-likeness (QED) is 0.171. The minimum absolute atomic E-state index is 0.00535. The summed E-state index contributed by atoms with van der Waals surface area (Å²) in [6, 6.07) is 4.94. The molecule has 1 aliphatic carbocycles. The molecule has 0 saturated carbocycles. The van der Waals surface area contributed by atoms with Crippen molar-refractivity contribution in [1.29, 1.82) is 0 Å². The van der Waals surface area contributed by atoms with Crippen molar-refractivity contribution in [3.8, 4) is 11.5 Å². The highest BCUT2D eigenvalue weighted by molar-refractivity contribution is 6.05. The summed E-state index contributed by atoms with van der Waals surface area (Å²) in [5, 5.41) is 3.66. The number of oxime groups is 1. The minimum atomic E-state index is -0.600. The van der Waals surface area contributed by atoms with E-state index in [-0.39, 0.29) is 42.5 Å². The number of nitrogens with zero attached hydrogens (tertiary/aromatic N) is 2. The molecule has 2 atom stereocenters. The number of imide groups is 1. The van der Waals surface area contributed by atoms with Gasteiger partial charge in [-0.3, -0.25) is 14.5 Å². The molecule has 1 aliphatic heterocycles. The molecule has 0 radical (unpaired) electrons. The van der Waals surface area contributed by atoms with Crippen LogP contribution in [0.25, 0.3) is 0 Å². The van der Waals surface area contributed by atoms with Gasteiger partial charge in [-0.15, -0.1) is 0 Å². The first-order valence-corrected chi connectivity index (χ1v) is 9.72. The first kappa shape index (κ1) is 21.4. The molecule has 0 bridgehead atoms. The second kappa shape index (κ2) is 9.43. The molecule has 2 N–H and O–H groups in total. The van der Waals surface area contributed by atoms with Gasteiger partial charge in [-0.05, 0) is 37.5 Å². The van der Waals surface area contributed by atoms with E-state index in [1.54, 1.807) is 18.2 Å². The maximum atomic E-state index is 12.4. The summed E-state index contributed by atoms with van der Waals surface area (Å²) in [4.78, 5) is 42.9. The van der Waals surface area contributed by atoms with Crippen LogP contribution in [0, 0.1) is 11.8 Å². The fourth-order valence-electron chi connectivity index (χ4n) is 3.66. The Hall–Kier alpha value is -3.36. The number of benzene rings is 1. The number of carbonyl (C=O) groups excluding carboxylic acids is 3. The topological polar surface area (TPSA) is 121 Å². The molecule has 0 unspecified atom stereocenters. The van der Waals surface area contributed by atoms with Crippen LogP contribution in [0.1, 0.15) is 31.2 Å². The van der Waals surface area contributed by atoms with Crippen molar-refractivity contribution in [2.24, 2.45) is 22.7 Å². The number of methoxy groups -OCH3 is 2. The van der Waals surface area contributed by atoms with Gasteiger partial charge in [-0.25, -0.2) is 4.79 Å². The predicted octanol–water partition coefficient (Wildman–Crippen LogP) is 1.60. The average Bonchev–Trinajstić information content (AvgIpc) is 3.02. The zero-order chi connectivity index (χ0) is 21.7. The van der Waals surface area contributed by atoms with Gasteiger partial charge < -0.3 is 20.0 Å². The highest BCUT2D eigenvalue weighted by Crippen LogP contribution is 2.35. The highest BCUT2D eigenvalue weighted by atomic mass is 16.7. The molecule has 0 spiro atoms. The van der Waals surface area contributed by atoms with Gasteiger partial charge in [-0.1, -0.05) is 17.3 Å². The monoisotopic (exact) mass is 415 g/mol. The summed E-state index contributed by atoms with van der Waals surface area (Å²) in [6.45, 7) is 0.189. The molecule has 9 heteroatoms. The van der Waals surface area contributed by atoms with Crippen LogP contribution in [0.2, 0.25) is 0 Å². The largest absolute Gasteiger partial charge is 0.493 e. The van der Waals surface area contributed by atoms with E-state index in [0.717, 1.165) is 0 Å². The second-order valence-electron chi connectivity index (χ2n) is 7.10. The van der Waals surface area contributed by atoms with Crippen molar-refractivity contribution in [1.82, 2.24) is 4.90 Å². The lowest BCUT2D eigenvalue weighted by Crippen LogP contribution is -2.32. The third-order valence-electron chi connectivity index (χ3n) is 5.29. The van der Waals surface area contributed by atoms with Crippen LogP contribution < -0.4 is 15.2 Å². The summed E-state index contributed by atoms with van der Waals surface area (Å²) >= 11 is 0. The number of carbonyl (C=O) groups is 3. The minimum Gasteiger partial charge on any atom is -0.493 e. The Balaban J connectivity index is 1.49. The molecular weight excluding hydrogens is 390 g/mol. The van der Waals surface area contributed by atoms with Crippen LogP contribution in [0.4, 0.5) is 0 Å². The normalized spacial score (nSPS) is 20.9. The van der Waals surface area contributed by atoms with Crippen molar-refractivity contribution >= 4 is 23.6 Å². The SMILES string of the molecule is COc1ccc(/C(N)=N/OC(=O)CCCN2C(=O)[C@@H]3CC=CC[C@H]3C2=O)cc1OC. The van der Waals surface area contributed by atoms with E-state index in [1.807, 2.05) is 12.2 Å². The third kappa shape index (κ3) is 4.45. The highest BCUT2D eigenvalue weighted by Gasteiger charge is 2.46. The molecule has 0 aromatic heterocycles. The number of hydrogen-bond donors (Lipinski definition) is 1. The summed E-state index contributed by atoms with van der Waals surface area (Å²) in [7, 11) is 3.01. The summed E-state index contributed by atoms with van der Waals surface area (Å²) in [5.74, 6) is -0.428. The van der Waals surface area contributed by atoms with E-state index in [2.05, 4.69) is 5.16 Å². The molecule has 1 aromatic rings. The van der Waals surface area contributed by atoms with Gasteiger partial charge in [0.15, 0.2) is 17.3 Å². The number of ether oxygens (including phenoxy) is 2. The van der Waals surface area contributed by atoms with Crippen LogP contribution in [0.3, 0.4) is 0 Å². The van der Waals surface area contributed by atoms with Gasteiger partial charge in [-0.2, -0.15) is 0 Å².